The topological polar surface area (TPSA) is 49.3 Å². The van der Waals surface area contributed by atoms with Gasteiger partial charge in [0, 0.05) is 10.6 Å². The van der Waals surface area contributed by atoms with E-state index in [1.807, 2.05) is 0 Å². The minimum atomic E-state index is -0.273. The van der Waals surface area contributed by atoms with Gasteiger partial charge in [0.2, 0.25) is 5.91 Å². The van der Waals surface area contributed by atoms with Crippen LogP contribution in [0.4, 0.5) is 5.69 Å². The Kier molecular flexibility index (Phi) is 4.30. The van der Waals surface area contributed by atoms with E-state index in [-0.39, 0.29) is 18.1 Å². The van der Waals surface area contributed by atoms with Gasteiger partial charge in [-0.25, -0.2) is 0 Å². The predicted octanol–water partition coefficient (Wildman–Crippen LogP) is 3.88. The Bertz CT molecular complexity index is 614. The van der Waals surface area contributed by atoms with Crippen LogP contribution in [0.2, 0.25) is 10.0 Å². The fourth-order valence-electron chi connectivity index (χ4n) is 1.62. The van der Waals surface area contributed by atoms with Gasteiger partial charge < -0.3 is 10.4 Å². The fourth-order valence-corrected chi connectivity index (χ4v) is 1.96. The molecule has 0 radical (unpaired) electrons. The van der Waals surface area contributed by atoms with Crippen LogP contribution in [-0.2, 0) is 11.2 Å². The molecule has 5 heteroatoms. The van der Waals surface area contributed by atoms with Crippen LogP contribution in [0.5, 0.6) is 5.75 Å². The van der Waals surface area contributed by atoms with Gasteiger partial charge in [0.1, 0.15) is 5.75 Å². The normalized spacial score (nSPS) is 10.2. The van der Waals surface area contributed by atoms with E-state index in [9.17, 15) is 9.90 Å². The maximum atomic E-state index is 11.9. The van der Waals surface area contributed by atoms with E-state index in [4.69, 9.17) is 23.2 Å². The molecule has 3 nitrogen and oxygen atoms in total. The van der Waals surface area contributed by atoms with Crippen LogP contribution in [0, 0.1) is 0 Å². The summed E-state index contributed by atoms with van der Waals surface area (Å²) in [6.45, 7) is 0. The van der Waals surface area contributed by atoms with Crippen molar-refractivity contribution in [3.8, 4) is 5.75 Å². The van der Waals surface area contributed by atoms with Gasteiger partial charge in [-0.2, -0.15) is 0 Å². The number of aromatic hydroxyl groups is 1. The Morgan fingerprint density at radius 3 is 2.63 bits per heavy atom. The molecule has 0 saturated carbocycles. The number of carbonyl (C=O) groups is 1. The highest BCUT2D eigenvalue weighted by atomic mass is 35.5. The van der Waals surface area contributed by atoms with E-state index in [0.717, 1.165) is 0 Å². The molecule has 0 saturated heterocycles. The van der Waals surface area contributed by atoms with Gasteiger partial charge in [-0.3, -0.25) is 4.79 Å². The minimum absolute atomic E-state index is 0.0650. The summed E-state index contributed by atoms with van der Waals surface area (Å²) in [4.78, 5) is 11.9. The molecular weight excluding hydrogens is 285 g/mol. The molecule has 0 heterocycles. The van der Waals surface area contributed by atoms with Gasteiger partial charge in [0.25, 0.3) is 0 Å². The van der Waals surface area contributed by atoms with Gasteiger partial charge in [0.15, 0.2) is 0 Å². The van der Waals surface area contributed by atoms with Gasteiger partial charge in [-0.05, 0) is 24.3 Å². The number of halogens is 2. The highest BCUT2D eigenvalue weighted by Gasteiger charge is 2.09. The number of anilines is 1. The van der Waals surface area contributed by atoms with Gasteiger partial charge in [0.05, 0.1) is 17.1 Å². The quantitative estimate of drug-likeness (QED) is 0.903. The number of phenolic OH excluding ortho intramolecular Hbond substituents is 1. The summed E-state index contributed by atoms with van der Waals surface area (Å²) in [6.07, 6.45) is 0.0650. The highest BCUT2D eigenvalue weighted by molar-refractivity contribution is 6.35. The van der Waals surface area contributed by atoms with Crippen molar-refractivity contribution in [3.63, 3.8) is 0 Å². The van der Waals surface area contributed by atoms with Crippen molar-refractivity contribution in [2.75, 3.05) is 5.32 Å². The van der Waals surface area contributed by atoms with Crippen LogP contribution >= 0.6 is 23.2 Å². The van der Waals surface area contributed by atoms with Gasteiger partial charge >= 0.3 is 0 Å². The van der Waals surface area contributed by atoms with Crippen molar-refractivity contribution in [2.45, 2.75) is 6.42 Å². The molecule has 0 fully saturated rings. The number of carbonyl (C=O) groups excluding carboxylic acids is 1. The maximum absolute atomic E-state index is 11.9. The number of amides is 1. The molecule has 0 atom stereocenters. The molecular formula is C14H11Cl2NO2. The molecule has 0 aliphatic heterocycles. The van der Waals surface area contributed by atoms with E-state index in [1.165, 1.54) is 6.07 Å². The second kappa shape index (κ2) is 5.95. The van der Waals surface area contributed by atoms with E-state index < -0.39 is 0 Å². The number of nitrogens with one attached hydrogen (secondary N) is 1. The van der Waals surface area contributed by atoms with Crippen molar-refractivity contribution < 1.29 is 9.90 Å². The Balaban J connectivity index is 2.10. The third kappa shape index (κ3) is 3.63. The molecule has 0 aliphatic carbocycles. The average molecular weight is 296 g/mol. The van der Waals surface area contributed by atoms with Gasteiger partial charge in [-0.15, -0.1) is 0 Å². The summed E-state index contributed by atoms with van der Waals surface area (Å²) in [5.41, 5.74) is 1.01. The molecule has 0 bridgehead atoms. The second-order valence-electron chi connectivity index (χ2n) is 3.98. The molecule has 2 rings (SSSR count). The Labute approximate surface area is 120 Å². The van der Waals surface area contributed by atoms with Crippen LogP contribution in [-0.4, -0.2) is 11.0 Å². The van der Waals surface area contributed by atoms with Crippen LogP contribution in [0.15, 0.2) is 42.5 Å². The van der Waals surface area contributed by atoms with E-state index in [2.05, 4.69) is 5.32 Å². The predicted molar refractivity (Wildman–Crippen MR) is 76.9 cm³/mol. The van der Waals surface area contributed by atoms with Crippen molar-refractivity contribution in [1.29, 1.82) is 0 Å². The average Bonchev–Trinajstić information content (AvgIpc) is 2.37. The number of phenols is 1. The molecule has 0 aliphatic rings. The fraction of sp³-hybridized carbons (Fsp3) is 0.0714. The monoisotopic (exact) mass is 295 g/mol. The van der Waals surface area contributed by atoms with Gasteiger partial charge in [-0.1, -0.05) is 41.4 Å². The first-order valence-corrected chi connectivity index (χ1v) is 6.33. The molecule has 2 N–H and O–H groups in total. The maximum Gasteiger partial charge on any atom is 0.228 e. The smallest absolute Gasteiger partial charge is 0.228 e. The summed E-state index contributed by atoms with van der Waals surface area (Å²) in [5, 5.41) is 13.2. The first-order valence-electron chi connectivity index (χ1n) is 5.58. The lowest BCUT2D eigenvalue weighted by Crippen LogP contribution is -2.14. The molecule has 19 heavy (non-hydrogen) atoms. The van der Waals surface area contributed by atoms with E-state index >= 15 is 0 Å². The second-order valence-corrected chi connectivity index (χ2v) is 4.82. The lowest BCUT2D eigenvalue weighted by atomic mass is 10.1. The first kappa shape index (κ1) is 13.7. The zero-order valence-electron chi connectivity index (χ0n) is 9.86. The molecule has 0 unspecified atom stereocenters. The van der Waals surface area contributed by atoms with E-state index in [1.54, 1.807) is 36.4 Å². The molecule has 0 aromatic heterocycles. The SMILES string of the molecule is O=C(Cc1ccccc1O)Nc1cc(Cl)ccc1Cl. The summed E-state index contributed by atoms with van der Waals surface area (Å²) in [7, 11) is 0. The van der Waals surface area contributed by atoms with Crippen molar-refractivity contribution in [3.05, 3.63) is 58.1 Å². The Morgan fingerprint density at radius 1 is 1.16 bits per heavy atom. The van der Waals surface area contributed by atoms with E-state index in [0.29, 0.717) is 21.3 Å². The van der Waals surface area contributed by atoms with Crippen molar-refractivity contribution in [1.82, 2.24) is 0 Å². The Hall–Kier alpha value is -1.71. The number of hydrogen-bond donors (Lipinski definition) is 2. The lowest BCUT2D eigenvalue weighted by molar-refractivity contribution is -0.115. The summed E-state index contributed by atoms with van der Waals surface area (Å²) < 4.78 is 0. The zero-order chi connectivity index (χ0) is 13.8. The van der Waals surface area contributed by atoms with Crippen LogP contribution in [0.3, 0.4) is 0 Å². The third-order valence-corrected chi connectivity index (χ3v) is 3.11. The largest absolute Gasteiger partial charge is 0.508 e. The Morgan fingerprint density at radius 2 is 1.89 bits per heavy atom. The molecule has 2 aromatic rings. The standard InChI is InChI=1S/C14H11Cl2NO2/c15-10-5-6-11(16)12(8-10)17-14(19)7-9-3-1-2-4-13(9)18/h1-6,8,18H,7H2,(H,17,19). The van der Waals surface area contributed by atoms with Crippen molar-refractivity contribution >= 4 is 34.8 Å². The van der Waals surface area contributed by atoms with Crippen molar-refractivity contribution in [2.24, 2.45) is 0 Å². The molecule has 98 valence electrons. The lowest BCUT2D eigenvalue weighted by Gasteiger charge is -2.08. The van der Waals surface area contributed by atoms with Crippen LogP contribution in [0.1, 0.15) is 5.56 Å². The number of hydrogen-bond acceptors (Lipinski definition) is 2. The number of rotatable bonds is 3. The minimum Gasteiger partial charge on any atom is -0.508 e. The molecule has 0 spiro atoms. The summed E-state index contributed by atoms with van der Waals surface area (Å²) in [6, 6.07) is 11.5. The van der Waals surface area contributed by atoms with Crippen LogP contribution < -0.4 is 5.32 Å². The third-order valence-electron chi connectivity index (χ3n) is 2.55. The summed E-state index contributed by atoms with van der Waals surface area (Å²) >= 11 is 11.8. The first-order chi connectivity index (χ1) is 9.06. The van der Waals surface area contributed by atoms with Crippen LogP contribution in [0.25, 0.3) is 0 Å². The number of para-hydroxylation sites is 1. The number of benzene rings is 2. The molecule has 1 amide bonds. The highest BCUT2D eigenvalue weighted by Crippen LogP contribution is 2.26. The molecule has 2 aromatic carbocycles. The summed E-state index contributed by atoms with van der Waals surface area (Å²) in [5.74, 6) is -0.180. The zero-order valence-corrected chi connectivity index (χ0v) is 11.4.